The molecular formula is C22H27N3O2. The number of likely N-dealkylation sites (N-methyl/N-ethyl adjacent to an activating group) is 1. The Morgan fingerprint density at radius 1 is 1.07 bits per heavy atom. The predicted octanol–water partition coefficient (Wildman–Crippen LogP) is 3.44. The first kappa shape index (κ1) is 19.1. The molecule has 5 heteroatoms. The lowest BCUT2D eigenvalue weighted by atomic mass is 9.96. The van der Waals surface area contributed by atoms with E-state index in [0.717, 1.165) is 12.1 Å². The van der Waals surface area contributed by atoms with Gasteiger partial charge in [-0.15, -0.1) is 0 Å². The number of nitrogens with one attached hydrogen (secondary N) is 1. The summed E-state index contributed by atoms with van der Waals surface area (Å²) in [6, 6.07) is 15.9. The second-order valence-corrected chi connectivity index (χ2v) is 7.60. The maximum absolute atomic E-state index is 13.1. The summed E-state index contributed by atoms with van der Waals surface area (Å²) >= 11 is 0. The van der Waals surface area contributed by atoms with Crippen LogP contribution in [-0.4, -0.2) is 35.8 Å². The zero-order chi connectivity index (χ0) is 19.6. The number of para-hydroxylation sites is 2. The number of anilines is 2. The Labute approximate surface area is 161 Å². The lowest BCUT2D eigenvalue weighted by Gasteiger charge is -2.42. The molecule has 2 aromatic carbocycles. The van der Waals surface area contributed by atoms with Crippen LogP contribution in [0.15, 0.2) is 48.5 Å². The van der Waals surface area contributed by atoms with Crippen molar-refractivity contribution in [2.24, 2.45) is 0 Å². The van der Waals surface area contributed by atoms with Gasteiger partial charge in [0, 0.05) is 6.54 Å². The molecule has 0 bridgehead atoms. The average molecular weight is 365 g/mol. The lowest BCUT2D eigenvalue weighted by Crippen LogP contribution is -2.60. The van der Waals surface area contributed by atoms with E-state index in [1.807, 2.05) is 36.2 Å². The van der Waals surface area contributed by atoms with Gasteiger partial charge in [-0.25, -0.2) is 0 Å². The van der Waals surface area contributed by atoms with Crippen LogP contribution in [0.2, 0.25) is 0 Å². The molecule has 0 radical (unpaired) electrons. The van der Waals surface area contributed by atoms with E-state index in [1.54, 1.807) is 18.7 Å². The normalized spacial score (nSPS) is 15.4. The summed E-state index contributed by atoms with van der Waals surface area (Å²) in [6.45, 7) is 6.60. The van der Waals surface area contributed by atoms with Crippen molar-refractivity contribution in [3.8, 4) is 0 Å². The quantitative estimate of drug-likeness (QED) is 0.883. The van der Waals surface area contributed by atoms with E-state index in [0.29, 0.717) is 12.2 Å². The molecule has 0 aromatic heterocycles. The van der Waals surface area contributed by atoms with E-state index in [2.05, 4.69) is 36.5 Å². The molecule has 1 aliphatic heterocycles. The first-order valence-corrected chi connectivity index (χ1v) is 9.33. The SMILES string of the molecule is CCc1ccc(CN(C)CC(=O)N2c3ccccc3NC(=O)C2(C)C)cc1. The zero-order valence-corrected chi connectivity index (χ0v) is 16.5. The summed E-state index contributed by atoms with van der Waals surface area (Å²) in [5, 5.41) is 2.89. The maximum Gasteiger partial charge on any atom is 0.250 e. The molecule has 1 aliphatic rings. The van der Waals surface area contributed by atoms with Crippen LogP contribution < -0.4 is 10.2 Å². The molecule has 1 N–H and O–H groups in total. The molecule has 0 aliphatic carbocycles. The smallest absolute Gasteiger partial charge is 0.250 e. The third-order valence-electron chi connectivity index (χ3n) is 5.05. The first-order valence-electron chi connectivity index (χ1n) is 9.33. The van der Waals surface area contributed by atoms with Gasteiger partial charge in [0.25, 0.3) is 0 Å². The molecule has 2 aromatic rings. The fourth-order valence-corrected chi connectivity index (χ4v) is 3.45. The van der Waals surface area contributed by atoms with Crippen LogP contribution in [0, 0.1) is 0 Å². The number of hydrogen-bond donors (Lipinski definition) is 1. The number of fused-ring (bicyclic) bond motifs is 1. The topological polar surface area (TPSA) is 52.7 Å². The Balaban J connectivity index is 1.76. The van der Waals surface area contributed by atoms with Crippen molar-refractivity contribution < 1.29 is 9.59 Å². The number of hydrogen-bond acceptors (Lipinski definition) is 3. The summed E-state index contributed by atoms with van der Waals surface area (Å²) in [7, 11) is 1.93. The van der Waals surface area contributed by atoms with E-state index in [9.17, 15) is 9.59 Å². The Morgan fingerprint density at radius 2 is 1.70 bits per heavy atom. The Kier molecular flexibility index (Phi) is 5.33. The minimum absolute atomic E-state index is 0.0880. The van der Waals surface area contributed by atoms with Crippen LogP contribution in [0.25, 0.3) is 0 Å². The fraction of sp³-hybridized carbons (Fsp3) is 0.364. The van der Waals surface area contributed by atoms with E-state index in [4.69, 9.17) is 0 Å². The van der Waals surface area contributed by atoms with E-state index in [1.165, 1.54) is 11.1 Å². The van der Waals surface area contributed by atoms with Crippen molar-refractivity contribution >= 4 is 23.2 Å². The van der Waals surface area contributed by atoms with Crippen molar-refractivity contribution in [3.63, 3.8) is 0 Å². The van der Waals surface area contributed by atoms with Crippen LogP contribution in [0.5, 0.6) is 0 Å². The molecule has 0 unspecified atom stereocenters. The van der Waals surface area contributed by atoms with Gasteiger partial charge in [0.2, 0.25) is 11.8 Å². The van der Waals surface area contributed by atoms with Gasteiger partial charge >= 0.3 is 0 Å². The highest BCUT2D eigenvalue weighted by atomic mass is 16.2. The van der Waals surface area contributed by atoms with Crippen molar-refractivity contribution in [2.75, 3.05) is 23.8 Å². The number of aryl methyl sites for hydroxylation is 1. The van der Waals surface area contributed by atoms with Crippen LogP contribution in [0.4, 0.5) is 11.4 Å². The standard InChI is InChI=1S/C22H27N3O2/c1-5-16-10-12-17(13-11-16)14-24(4)15-20(26)25-19-9-7-6-8-18(19)23-21(27)22(25,2)3/h6-13H,5,14-15H2,1-4H3,(H,23,27). The summed E-state index contributed by atoms with van der Waals surface area (Å²) in [4.78, 5) is 29.2. The molecule has 142 valence electrons. The van der Waals surface area contributed by atoms with Gasteiger partial charge in [0.05, 0.1) is 17.9 Å². The van der Waals surface area contributed by atoms with Gasteiger partial charge in [-0.1, -0.05) is 43.3 Å². The number of rotatable bonds is 5. The van der Waals surface area contributed by atoms with Crippen molar-refractivity contribution in [1.29, 1.82) is 0 Å². The van der Waals surface area contributed by atoms with Gasteiger partial charge in [-0.3, -0.25) is 19.4 Å². The molecule has 1 heterocycles. The minimum atomic E-state index is -0.935. The number of carbonyl (C=O) groups is 2. The molecule has 0 saturated carbocycles. The molecular weight excluding hydrogens is 338 g/mol. The first-order chi connectivity index (χ1) is 12.8. The summed E-state index contributed by atoms with van der Waals surface area (Å²) in [5.41, 5.74) is 2.95. The lowest BCUT2D eigenvalue weighted by molar-refractivity contribution is -0.127. The van der Waals surface area contributed by atoms with Crippen LogP contribution >= 0.6 is 0 Å². The van der Waals surface area contributed by atoms with Gasteiger partial charge < -0.3 is 5.32 Å². The molecule has 0 fully saturated rings. The molecule has 3 rings (SSSR count). The number of amides is 2. The molecule has 5 nitrogen and oxygen atoms in total. The Hall–Kier alpha value is -2.66. The van der Waals surface area contributed by atoms with E-state index in [-0.39, 0.29) is 18.4 Å². The van der Waals surface area contributed by atoms with Crippen LogP contribution in [-0.2, 0) is 22.6 Å². The Bertz CT molecular complexity index is 843. The summed E-state index contributed by atoms with van der Waals surface area (Å²) in [5.74, 6) is -0.262. The average Bonchev–Trinajstić information content (AvgIpc) is 2.63. The second-order valence-electron chi connectivity index (χ2n) is 7.60. The third-order valence-corrected chi connectivity index (χ3v) is 5.05. The summed E-state index contributed by atoms with van der Waals surface area (Å²) < 4.78 is 0. The largest absolute Gasteiger partial charge is 0.322 e. The summed E-state index contributed by atoms with van der Waals surface area (Å²) in [6.07, 6.45) is 1.01. The molecule has 0 saturated heterocycles. The number of nitrogens with zero attached hydrogens (tertiary/aromatic N) is 2. The molecule has 0 atom stereocenters. The van der Waals surface area contributed by atoms with Gasteiger partial charge in [-0.05, 0) is 50.6 Å². The zero-order valence-electron chi connectivity index (χ0n) is 16.5. The number of benzene rings is 2. The monoisotopic (exact) mass is 365 g/mol. The maximum atomic E-state index is 13.1. The third kappa shape index (κ3) is 3.88. The highest BCUT2D eigenvalue weighted by molar-refractivity contribution is 6.14. The fourth-order valence-electron chi connectivity index (χ4n) is 3.45. The van der Waals surface area contributed by atoms with Gasteiger partial charge in [0.1, 0.15) is 5.54 Å². The predicted molar refractivity (Wildman–Crippen MR) is 109 cm³/mol. The van der Waals surface area contributed by atoms with E-state index < -0.39 is 5.54 Å². The van der Waals surface area contributed by atoms with Gasteiger partial charge in [-0.2, -0.15) is 0 Å². The molecule has 0 spiro atoms. The Morgan fingerprint density at radius 3 is 2.37 bits per heavy atom. The highest BCUT2D eigenvalue weighted by Gasteiger charge is 2.43. The van der Waals surface area contributed by atoms with Crippen molar-refractivity contribution in [3.05, 3.63) is 59.7 Å². The minimum Gasteiger partial charge on any atom is -0.322 e. The van der Waals surface area contributed by atoms with Crippen LogP contribution in [0.1, 0.15) is 31.9 Å². The number of carbonyl (C=O) groups excluding carboxylic acids is 2. The highest BCUT2D eigenvalue weighted by Crippen LogP contribution is 2.36. The van der Waals surface area contributed by atoms with Crippen LogP contribution in [0.3, 0.4) is 0 Å². The second kappa shape index (κ2) is 7.53. The van der Waals surface area contributed by atoms with Crippen molar-refractivity contribution in [1.82, 2.24) is 4.90 Å². The van der Waals surface area contributed by atoms with Gasteiger partial charge in [0.15, 0.2) is 0 Å². The molecule has 2 amide bonds. The van der Waals surface area contributed by atoms with Crippen molar-refractivity contribution in [2.45, 2.75) is 39.3 Å². The molecule has 27 heavy (non-hydrogen) atoms. The van der Waals surface area contributed by atoms with E-state index >= 15 is 0 Å².